The van der Waals surface area contributed by atoms with Crippen molar-refractivity contribution in [2.45, 2.75) is 65.0 Å². The molecule has 1 aromatic carbocycles. The van der Waals surface area contributed by atoms with Crippen LogP contribution in [0.5, 0.6) is 0 Å². The van der Waals surface area contributed by atoms with Gasteiger partial charge in [-0.25, -0.2) is 0 Å². The number of anilines is 1. The summed E-state index contributed by atoms with van der Waals surface area (Å²) >= 11 is 6.49. The van der Waals surface area contributed by atoms with Crippen molar-refractivity contribution in [3.05, 3.63) is 28.8 Å². The summed E-state index contributed by atoms with van der Waals surface area (Å²) in [5.41, 5.74) is 2.62. The van der Waals surface area contributed by atoms with E-state index in [1.165, 1.54) is 49.9 Å². The third-order valence-electron chi connectivity index (χ3n) is 4.38. The Balaban J connectivity index is 2.21. The number of hydrogen-bond donors (Lipinski definition) is 1. The lowest BCUT2D eigenvalue weighted by Crippen LogP contribution is -2.40. The smallest absolute Gasteiger partial charge is 0.0471 e. The molecule has 1 atom stereocenters. The number of nitrogens with zero attached hydrogens (tertiary/aromatic N) is 1. The highest BCUT2D eigenvalue weighted by Gasteiger charge is 2.24. The Morgan fingerprint density at radius 3 is 2.86 bits per heavy atom. The van der Waals surface area contributed by atoms with Crippen LogP contribution in [-0.4, -0.2) is 19.1 Å². The highest BCUT2D eigenvalue weighted by Crippen LogP contribution is 2.33. The molecular weight excluding hydrogens is 280 g/mol. The maximum atomic E-state index is 6.49. The van der Waals surface area contributed by atoms with Crippen molar-refractivity contribution in [1.82, 2.24) is 5.32 Å². The van der Waals surface area contributed by atoms with Gasteiger partial charge in [0.15, 0.2) is 0 Å². The number of rotatable bonds is 7. The van der Waals surface area contributed by atoms with Crippen LogP contribution in [0.2, 0.25) is 5.02 Å². The molecule has 0 radical (unpaired) electrons. The molecule has 0 saturated carbocycles. The zero-order valence-corrected chi connectivity index (χ0v) is 14.3. The molecule has 3 heteroatoms. The van der Waals surface area contributed by atoms with Gasteiger partial charge in [0.1, 0.15) is 0 Å². The summed E-state index contributed by atoms with van der Waals surface area (Å²) in [5, 5.41) is 4.41. The minimum atomic E-state index is 0.687. The van der Waals surface area contributed by atoms with Crippen molar-refractivity contribution in [3.63, 3.8) is 0 Å². The summed E-state index contributed by atoms with van der Waals surface area (Å²) in [5.74, 6) is 0. The topological polar surface area (TPSA) is 15.3 Å². The SMILES string of the molecule is CCCNCc1c(Cl)cccc1N1CCCCC1CCC. The first kappa shape index (κ1) is 16.6. The van der Waals surface area contributed by atoms with Gasteiger partial charge in [-0.15, -0.1) is 0 Å². The van der Waals surface area contributed by atoms with Crippen molar-refractivity contribution in [2.24, 2.45) is 0 Å². The fourth-order valence-corrected chi connectivity index (χ4v) is 3.57. The summed E-state index contributed by atoms with van der Waals surface area (Å²) in [6.07, 6.45) is 7.68. The van der Waals surface area contributed by atoms with Gasteiger partial charge in [0.05, 0.1) is 0 Å². The van der Waals surface area contributed by atoms with E-state index in [2.05, 4.69) is 36.2 Å². The minimum Gasteiger partial charge on any atom is -0.368 e. The Hall–Kier alpha value is -0.730. The molecule has 1 heterocycles. The molecule has 0 aliphatic carbocycles. The maximum Gasteiger partial charge on any atom is 0.0471 e. The first-order valence-corrected chi connectivity index (χ1v) is 8.90. The average Bonchev–Trinajstić information content (AvgIpc) is 2.50. The summed E-state index contributed by atoms with van der Waals surface area (Å²) in [6, 6.07) is 7.06. The molecule has 1 saturated heterocycles. The minimum absolute atomic E-state index is 0.687. The standard InChI is InChI=1S/C18H29ClN2/c1-3-8-15-9-5-6-13-21(15)18-11-7-10-17(19)16(18)14-20-12-4-2/h7,10-11,15,20H,3-6,8-9,12-14H2,1-2H3. The first-order valence-electron chi connectivity index (χ1n) is 8.52. The maximum absolute atomic E-state index is 6.49. The van der Waals surface area contributed by atoms with E-state index in [0.29, 0.717) is 6.04 Å². The monoisotopic (exact) mass is 308 g/mol. The molecule has 1 N–H and O–H groups in total. The van der Waals surface area contributed by atoms with E-state index in [1.807, 2.05) is 6.07 Å². The lowest BCUT2D eigenvalue weighted by Gasteiger charge is -2.39. The largest absolute Gasteiger partial charge is 0.368 e. The van der Waals surface area contributed by atoms with Crippen molar-refractivity contribution < 1.29 is 0 Å². The number of piperidine rings is 1. The Morgan fingerprint density at radius 2 is 2.10 bits per heavy atom. The predicted octanol–water partition coefficient (Wildman–Crippen LogP) is 5.00. The third kappa shape index (κ3) is 4.37. The molecule has 0 amide bonds. The molecular formula is C18H29ClN2. The Morgan fingerprint density at radius 1 is 1.24 bits per heavy atom. The molecule has 21 heavy (non-hydrogen) atoms. The van der Waals surface area contributed by atoms with Gasteiger partial charge in [-0.2, -0.15) is 0 Å². The molecule has 1 aliphatic heterocycles. The first-order chi connectivity index (χ1) is 10.3. The Bertz CT molecular complexity index is 431. The lowest BCUT2D eigenvalue weighted by molar-refractivity contribution is 0.433. The number of hydrogen-bond acceptors (Lipinski definition) is 2. The third-order valence-corrected chi connectivity index (χ3v) is 4.74. The van der Waals surface area contributed by atoms with Crippen LogP contribution in [0.25, 0.3) is 0 Å². The van der Waals surface area contributed by atoms with Gasteiger partial charge in [0.25, 0.3) is 0 Å². The van der Waals surface area contributed by atoms with Crippen LogP contribution in [0.3, 0.4) is 0 Å². The molecule has 0 bridgehead atoms. The molecule has 0 spiro atoms. The van der Waals surface area contributed by atoms with Gasteiger partial charge >= 0.3 is 0 Å². The fraction of sp³-hybridized carbons (Fsp3) is 0.667. The second-order valence-electron chi connectivity index (χ2n) is 6.05. The zero-order valence-electron chi connectivity index (χ0n) is 13.5. The lowest BCUT2D eigenvalue weighted by atomic mass is 9.96. The Labute approximate surface area is 134 Å². The van der Waals surface area contributed by atoms with Gasteiger partial charge in [0.2, 0.25) is 0 Å². The van der Waals surface area contributed by atoms with Gasteiger partial charge < -0.3 is 10.2 Å². The average molecular weight is 309 g/mol. The van der Waals surface area contributed by atoms with Crippen molar-refractivity contribution >= 4 is 17.3 Å². The highest BCUT2D eigenvalue weighted by atomic mass is 35.5. The van der Waals surface area contributed by atoms with E-state index < -0.39 is 0 Å². The van der Waals surface area contributed by atoms with E-state index in [-0.39, 0.29) is 0 Å². The van der Waals surface area contributed by atoms with Crippen molar-refractivity contribution in [2.75, 3.05) is 18.0 Å². The summed E-state index contributed by atoms with van der Waals surface area (Å²) in [4.78, 5) is 2.61. The van der Waals surface area contributed by atoms with Crippen LogP contribution >= 0.6 is 11.6 Å². The molecule has 0 aromatic heterocycles. The van der Waals surface area contributed by atoms with Crippen LogP contribution in [-0.2, 0) is 6.54 Å². The molecule has 118 valence electrons. The number of benzene rings is 1. The molecule has 1 unspecified atom stereocenters. The number of nitrogens with one attached hydrogen (secondary N) is 1. The van der Waals surface area contributed by atoms with E-state index in [0.717, 1.165) is 24.5 Å². The fourth-order valence-electron chi connectivity index (χ4n) is 3.33. The number of halogens is 1. The summed E-state index contributed by atoms with van der Waals surface area (Å²) < 4.78 is 0. The van der Waals surface area contributed by atoms with E-state index in [1.54, 1.807) is 0 Å². The predicted molar refractivity (Wildman–Crippen MR) is 93.3 cm³/mol. The van der Waals surface area contributed by atoms with Crippen LogP contribution in [0.4, 0.5) is 5.69 Å². The second-order valence-corrected chi connectivity index (χ2v) is 6.45. The van der Waals surface area contributed by atoms with Crippen molar-refractivity contribution in [3.8, 4) is 0 Å². The van der Waals surface area contributed by atoms with Crippen LogP contribution in [0.15, 0.2) is 18.2 Å². The zero-order chi connectivity index (χ0) is 15.1. The molecule has 1 aliphatic rings. The van der Waals surface area contributed by atoms with Crippen LogP contribution < -0.4 is 10.2 Å². The van der Waals surface area contributed by atoms with E-state index in [4.69, 9.17) is 11.6 Å². The van der Waals surface area contributed by atoms with Crippen LogP contribution in [0.1, 0.15) is 57.9 Å². The van der Waals surface area contributed by atoms with Gasteiger partial charge in [0, 0.05) is 35.4 Å². The van der Waals surface area contributed by atoms with Gasteiger partial charge in [-0.05, 0) is 50.8 Å². The normalized spacial score (nSPS) is 19.0. The van der Waals surface area contributed by atoms with Gasteiger partial charge in [-0.3, -0.25) is 0 Å². The van der Waals surface area contributed by atoms with Crippen molar-refractivity contribution in [1.29, 1.82) is 0 Å². The molecule has 2 rings (SSSR count). The Kier molecular flexibility index (Phi) is 6.85. The second kappa shape index (κ2) is 8.65. The van der Waals surface area contributed by atoms with E-state index in [9.17, 15) is 0 Å². The quantitative estimate of drug-likeness (QED) is 0.713. The molecule has 2 nitrogen and oxygen atoms in total. The molecule has 1 fully saturated rings. The highest BCUT2D eigenvalue weighted by molar-refractivity contribution is 6.31. The molecule has 1 aromatic rings. The summed E-state index contributed by atoms with van der Waals surface area (Å²) in [6.45, 7) is 7.57. The summed E-state index contributed by atoms with van der Waals surface area (Å²) in [7, 11) is 0. The van der Waals surface area contributed by atoms with E-state index >= 15 is 0 Å². The van der Waals surface area contributed by atoms with Gasteiger partial charge in [-0.1, -0.05) is 37.9 Å². The van der Waals surface area contributed by atoms with Crippen LogP contribution in [0, 0.1) is 0 Å².